The Morgan fingerprint density at radius 3 is 2.77 bits per heavy atom. The molecular formula is C20H20FNO4. The first-order valence-electron chi connectivity index (χ1n) is 8.43. The van der Waals surface area contributed by atoms with Crippen molar-refractivity contribution >= 4 is 11.9 Å². The van der Waals surface area contributed by atoms with Gasteiger partial charge in [0.25, 0.3) is 5.91 Å². The maximum Gasteiger partial charge on any atom is 0.335 e. The fourth-order valence-electron chi connectivity index (χ4n) is 3.40. The fourth-order valence-corrected chi connectivity index (χ4v) is 3.40. The molecule has 0 spiro atoms. The van der Waals surface area contributed by atoms with Crippen LogP contribution in [0.4, 0.5) is 4.39 Å². The summed E-state index contributed by atoms with van der Waals surface area (Å²) < 4.78 is 18.9. The number of ether oxygens (including phenoxy) is 1. The normalized spacial score (nSPS) is 16.5. The van der Waals surface area contributed by atoms with Gasteiger partial charge in [-0.05, 0) is 48.6 Å². The predicted octanol–water partition coefficient (Wildman–Crippen LogP) is 3.24. The molecule has 0 saturated carbocycles. The molecule has 1 aliphatic heterocycles. The number of carbonyl (C=O) groups excluding carboxylic acids is 1. The highest BCUT2D eigenvalue weighted by molar-refractivity contribution is 5.97. The van der Waals surface area contributed by atoms with Crippen molar-refractivity contribution in [3.8, 4) is 5.75 Å². The van der Waals surface area contributed by atoms with Crippen LogP contribution in [0.2, 0.25) is 0 Å². The lowest BCUT2D eigenvalue weighted by molar-refractivity contribution is 0.0696. The van der Waals surface area contributed by atoms with Gasteiger partial charge in [0.1, 0.15) is 0 Å². The molecule has 1 N–H and O–H groups in total. The number of rotatable bonds is 5. The molecule has 6 heteroatoms. The molecule has 5 nitrogen and oxygen atoms in total. The van der Waals surface area contributed by atoms with Crippen molar-refractivity contribution in [2.75, 3.05) is 20.2 Å². The van der Waals surface area contributed by atoms with Gasteiger partial charge >= 0.3 is 5.97 Å². The van der Waals surface area contributed by atoms with Gasteiger partial charge in [-0.2, -0.15) is 0 Å². The van der Waals surface area contributed by atoms with Crippen molar-refractivity contribution < 1.29 is 23.8 Å². The summed E-state index contributed by atoms with van der Waals surface area (Å²) in [5, 5.41) is 9.09. The Labute approximate surface area is 151 Å². The standard InChI is InChI=1S/C20H20FNO4/c1-26-18-16(6-3-7-17(18)21)19(23)22-9-8-14(12-22)10-13-4-2-5-15(11-13)20(24)25/h2-7,11,14H,8-10,12H2,1H3,(H,24,25)/t14-/m0/s1. The predicted molar refractivity (Wildman–Crippen MR) is 94.1 cm³/mol. The lowest BCUT2D eigenvalue weighted by atomic mass is 9.97. The summed E-state index contributed by atoms with van der Waals surface area (Å²) in [6.45, 7) is 1.14. The minimum absolute atomic E-state index is 0.0323. The van der Waals surface area contributed by atoms with Crippen LogP contribution >= 0.6 is 0 Å². The monoisotopic (exact) mass is 357 g/mol. The van der Waals surface area contributed by atoms with E-state index in [0.29, 0.717) is 19.5 Å². The van der Waals surface area contributed by atoms with Crippen molar-refractivity contribution in [3.05, 3.63) is 65.0 Å². The Hall–Kier alpha value is -2.89. The fraction of sp³-hybridized carbons (Fsp3) is 0.300. The average Bonchev–Trinajstić information content (AvgIpc) is 3.09. The van der Waals surface area contributed by atoms with E-state index in [9.17, 15) is 14.0 Å². The molecule has 1 fully saturated rings. The van der Waals surface area contributed by atoms with E-state index in [-0.39, 0.29) is 28.7 Å². The van der Waals surface area contributed by atoms with E-state index >= 15 is 0 Å². The van der Waals surface area contributed by atoms with Gasteiger partial charge in [0.2, 0.25) is 0 Å². The van der Waals surface area contributed by atoms with Crippen LogP contribution in [0.25, 0.3) is 0 Å². The van der Waals surface area contributed by atoms with Gasteiger partial charge in [0, 0.05) is 13.1 Å². The summed E-state index contributed by atoms with van der Waals surface area (Å²) in [4.78, 5) is 25.5. The summed E-state index contributed by atoms with van der Waals surface area (Å²) in [6.07, 6.45) is 1.52. The zero-order chi connectivity index (χ0) is 18.7. The zero-order valence-corrected chi connectivity index (χ0v) is 14.4. The van der Waals surface area contributed by atoms with Crippen LogP contribution in [0.3, 0.4) is 0 Å². The highest BCUT2D eigenvalue weighted by atomic mass is 19.1. The highest BCUT2D eigenvalue weighted by Crippen LogP contribution is 2.27. The lowest BCUT2D eigenvalue weighted by Crippen LogP contribution is -2.29. The van der Waals surface area contributed by atoms with Crippen LogP contribution in [0, 0.1) is 11.7 Å². The van der Waals surface area contributed by atoms with E-state index < -0.39 is 11.8 Å². The van der Waals surface area contributed by atoms with Gasteiger partial charge < -0.3 is 14.7 Å². The minimum atomic E-state index is -0.951. The van der Waals surface area contributed by atoms with Gasteiger partial charge in [-0.15, -0.1) is 0 Å². The second kappa shape index (κ2) is 7.56. The number of nitrogens with zero attached hydrogens (tertiary/aromatic N) is 1. The molecule has 136 valence electrons. The van der Waals surface area contributed by atoms with Crippen LogP contribution in [0.1, 0.15) is 32.7 Å². The van der Waals surface area contributed by atoms with Gasteiger partial charge in [-0.3, -0.25) is 4.79 Å². The van der Waals surface area contributed by atoms with Gasteiger partial charge in [-0.25, -0.2) is 9.18 Å². The quantitative estimate of drug-likeness (QED) is 0.892. The lowest BCUT2D eigenvalue weighted by Gasteiger charge is -2.18. The Bertz CT molecular complexity index is 836. The van der Waals surface area contributed by atoms with E-state index in [1.54, 1.807) is 29.2 Å². The third-order valence-corrected chi connectivity index (χ3v) is 4.67. The molecule has 1 atom stereocenters. The zero-order valence-electron chi connectivity index (χ0n) is 14.4. The number of halogens is 1. The molecule has 26 heavy (non-hydrogen) atoms. The maximum atomic E-state index is 13.8. The number of benzene rings is 2. The van der Waals surface area contributed by atoms with Gasteiger partial charge in [0.05, 0.1) is 18.2 Å². The number of carbonyl (C=O) groups is 2. The number of methoxy groups -OCH3 is 1. The van der Waals surface area contributed by atoms with Crippen LogP contribution in [0.5, 0.6) is 5.75 Å². The summed E-state index contributed by atoms with van der Waals surface area (Å²) in [7, 11) is 1.34. The molecule has 1 aliphatic rings. The van der Waals surface area contributed by atoms with Crippen LogP contribution in [-0.4, -0.2) is 42.1 Å². The molecule has 1 heterocycles. The van der Waals surface area contributed by atoms with Gasteiger partial charge in [0.15, 0.2) is 11.6 Å². The molecule has 3 rings (SSSR count). The molecule has 2 aromatic carbocycles. The third-order valence-electron chi connectivity index (χ3n) is 4.67. The summed E-state index contributed by atoms with van der Waals surface area (Å²) >= 11 is 0. The van der Waals surface area contributed by atoms with Crippen molar-refractivity contribution in [2.45, 2.75) is 12.8 Å². The molecule has 1 saturated heterocycles. The maximum absolute atomic E-state index is 13.8. The van der Waals surface area contributed by atoms with E-state index in [4.69, 9.17) is 9.84 Å². The molecule has 0 unspecified atom stereocenters. The Morgan fingerprint density at radius 2 is 2.04 bits per heavy atom. The molecule has 0 radical (unpaired) electrons. The second-order valence-electron chi connectivity index (χ2n) is 6.44. The molecule has 0 aliphatic carbocycles. The molecule has 1 amide bonds. The first-order chi connectivity index (χ1) is 12.5. The van der Waals surface area contributed by atoms with E-state index in [2.05, 4.69) is 0 Å². The SMILES string of the molecule is COc1c(F)cccc1C(=O)N1CC[C@@H](Cc2cccc(C(=O)O)c2)C1. The first kappa shape index (κ1) is 17.9. The van der Waals surface area contributed by atoms with Crippen LogP contribution in [-0.2, 0) is 6.42 Å². The number of para-hydroxylation sites is 1. The Kier molecular flexibility index (Phi) is 5.21. The van der Waals surface area contributed by atoms with E-state index in [0.717, 1.165) is 12.0 Å². The number of carboxylic acid groups (broad SMARTS) is 1. The average molecular weight is 357 g/mol. The molecular weight excluding hydrogens is 337 g/mol. The smallest absolute Gasteiger partial charge is 0.335 e. The van der Waals surface area contributed by atoms with E-state index in [1.165, 1.54) is 19.2 Å². The number of carboxylic acids is 1. The largest absolute Gasteiger partial charge is 0.493 e. The first-order valence-corrected chi connectivity index (χ1v) is 8.43. The summed E-state index contributed by atoms with van der Waals surface area (Å²) in [5.74, 6) is -1.55. The number of hydrogen-bond donors (Lipinski definition) is 1. The van der Waals surface area contributed by atoms with E-state index in [1.807, 2.05) is 6.07 Å². The molecule has 2 aromatic rings. The highest BCUT2D eigenvalue weighted by Gasteiger charge is 2.29. The van der Waals surface area contributed by atoms with Crippen molar-refractivity contribution in [1.82, 2.24) is 4.90 Å². The van der Waals surface area contributed by atoms with Crippen molar-refractivity contribution in [3.63, 3.8) is 0 Å². The number of hydrogen-bond acceptors (Lipinski definition) is 3. The Morgan fingerprint density at radius 1 is 1.27 bits per heavy atom. The van der Waals surface area contributed by atoms with Crippen molar-refractivity contribution in [1.29, 1.82) is 0 Å². The third kappa shape index (κ3) is 3.69. The number of likely N-dealkylation sites (tertiary alicyclic amines) is 1. The summed E-state index contributed by atoms with van der Waals surface area (Å²) in [6, 6.07) is 11.2. The minimum Gasteiger partial charge on any atom is -0.493 e. The summed E-state index contributed by atoms with van der Waals surface area (Å²) in [5.41, 5.74) is 1.42. The van der Waals surface area contributed by atoms with Crippen molar-refractivity contribution in [2.24, 2.45) is 5.92 Å². The van der Waals surface area contributed by atoms with Crippen LogP contribution < -0.4 is 4.74 Å². The number of amides is 1. The molecule has 0 aromatic heterocycles. The number of aromatic carboxylic acids is 1. The van der Waals surface area contributed by atoms with Crippen LogP contribution in [0.15, 0.2) is 42.5 Å². The van der Waals surface area contributed by atoms with Gasteiger partial charge in [-0.1, -0.05) is 18.2 Å². The Balaban J connectivity index is 1.69. The topological polar surface area (TPSA) is 66.8 Å². The molecule has 0 bridgehead atoms. The second-order valence-corrected chi connectivity index (χ2v) is 6.44.